The zero-order valence-corrected chi connectivity index (χ0v) is 15.7. The maximum absolute atomic E-state index is 12.1. The van der Waals surface area contributed by atoms with Gasteiger partial charge in [-0.1, -0.05) is 6.07 Å². The summed E-state index contributed by atoms with van der Waals surface area (Å²) in [6.45, 7) is 3.43. The highest BCUT2D eigenvalue weighted by Gasteiger charge is 2.30. The Morgan fingerprint density at radius 3 is 2.11 bits per heavy atom. The molecule has 0 radical (unpaired) electrons. The van der Waals surface area contributed by atoms with Gasteiger partial charge < -0.3 is 10.1 Å². The van der Waals surface area contributed by atoms with Crippen molar-refractivity contribution in [2.24, 2.45) is 0 Å². The third-order valence-corrected chi connectivity index (χ3v) is 4.25. The van der Waals surface area contributed by atoms with E-state index >= 15 is 0 Å². The molecule has 0 aliphatic carbocycles. The molecule has 7 heteroatoms. The molecule has 1 aliphatic rings. The monoisotopic (exact) mass is 380 g/mol. The second-order valence-electron chi connectivity index (χ2n) is 6.67. The van der Waals surface area contributed by atoms with Crippen LogP contribution in [0.3, 0.4) is 0 Å². The molecule has 1 fully saturated rings. The third-order valence-electron chi connectivity index (χ3n) is 4.25. The molecule has 1 aliphatic heterocycles. The predicted octanol–water partition coefficient (Wildman–Crippen LogP) is 2.75. The van der Waals surface area contributed by atoms with Gasteiger partial charge in [0.25, 0.3) is 5.91 Å². The summed E-state index contributed by atoms with van der Waals surface area (Å²) >= 11 is 0. The van der Waals surface area contributed by atoms with Crippen molar-refractivity contribution < 1.29 is 23.9 Å². The highest BCUT2D eigenvalue weighted by molar-refractivity contribution is 6.19. The fraction of sp³-hybridized carbons (Fsp3) is 0.238. The number of carbonyl (C=O) groups excluding carboxylic acids is 4. The first-order valence-corrected chi connectivity index (χ1v) is 8.84. The number of rotatable bonds is 5. The highest BCUT2D eigenvalue weighted by Crippen LogP contribution is 2.23. The largest absolute Gasteiger partial charge is 0.452 e. The molecule has 1 saturated heterocycles. The molecule has 1 N–H and O–H groups in total. The smallest absolute Gasteiger partial charge is 0.338 e. The van der Waals surface area contributed by atoms with E-state index in [0.717, 1.165) is 16.0 Å². The fourth-order valence-electron chi connectivity index (χ4n) is 3.07. The lowest BCUT2D eigenvalue weighted by Crippen LogP contribution is -2.28. The molecule has 0 aromatic heterocycles. The minimum atomic E-state index is -0.666. The second-order valence-corrected chi connectivity index (χ2v) is 6.67. The first-order valence-electron chi connectivity index (χ1n) is 8.84. The number of nitrogens with zero attached hydrogens (tertiary/aromatic N) is 1. The first-order chi connectivity index (χ1) is 13.3. The fourth-order valence-corrected chi connectivity index (χ4v) is 3.07. The molecule has 2 aromatic rings. The van der Waals surface area contributed by atoms with Gasteiger partial charge in [0, 0.05) is 18.5 Å². The predicted molar refractivity (Wildman–Crippen MR) is 103 cm³/mol. The summed E-state index contributed by atoms with van der Waals surface area (Å²) < 4.78 is 5.03. The van der Waals surface area contributed by atoms with Crippen LogP contribution in [0.5, 0.6) is 0 Å². The van der Waals surface area contributed by atoms with Gasteiger partial charge in [0.1, 0.15) is 0 Å². The van der Waals surface area contributed by atoms with Gasteiger partial charge in [0.15, 0.2) is 6.61 Å². The Hall–Kier alpha value is -3.48. The summed E-state index contributed by atoms with van der Waals surface area (Å²) in [5, 5.41) is 2.69. The van der Waals surface area contributed by atoms with Gasteiger partial charge in [-0.05, 0) is 61.4 Å². The number of esters is 1. The van der Waals surface area contributed by atoms with Crippen molar-refractivity contribution in [2.45, 2.75) is 26.7 Å². The van der Waals surface area contributed by atoms with E-state index in [4.69, 9.17) is 4.74 Å². The van der Waals surface area contributed by atoms with Gasteiger partial charge in [-0.2, -0.15) is 0 Å². The summed E-state index contributed by atoms with van der Waals surface area (Å²) in [5.41, 5.74) is 3.31. The zero-order valence-electron chi connectivity index (χ0n) is 15.7. The van der Waals surface area contributed by atoms with E-state index in [1.165, 1.54) is 24.3 Å². The number of imide groups is 1. The Kier molecular flexibility index (Phi) is 5.54. The number of anilines is 2. The molecule has 28 heavy (non-hydrogen) atoms. The van der Waals surface area contributed by atoms with Crippen molar-refractivity contribution >= 4 is 35.1 Å². The maximum atomic E-state index is 12.1. The van der Waals surface area contributed by atoms with Crippen LogP contribution in [0.1, 0.15) is 34.3 Å². The quantitative estimate of drug-likeness (QED) is 0.636. The van der Waals surface area contributed by atoms with E-state index < -0.39 is 18.5 Å². The minimum Gasteiger partial charge on any atom is -0.452 e. The van der Waals surface area contributed by atoms with Gasteiger partial charge in [0.05, 0.1) is 11.3 Å². The van der Waals surface area contributed by atoms with Crippen LogP contribution in [0.2, 0.25) is 0 Å². The van der Waals surface area contributed by atoms with Crippen molar-refractivity contribution in [3.05, 3.63) is 59.2 Å². The molecule has 0 saturated carbocycles. The maximum Gasteiger partial charge on any atom is 0.338 e. The molecule has 2 aromatic carbocycles. The molecular formula is C21H20N2O5. The molecule has 144 valence electrons. The number of hydrogen-bond donors (Lipinski definition) is 1. The zero-order chi connectivity index (χ0) is 20.3. The Bertz CT molecular complexity index is 914. The number of amides is 3. The SMILES string of the molecule is Cc1cc(C)cc(NC(=O)COC(=O)c2ccc(N3C(=O)CCC3=O)cc2)c1. The average molecular weight is 380 g/mol. The molecule has 3 amide bonds. The van der Waals surface area contributed by atoms with E-state index in [1.54, 1.807) is 0 Å². The third kappa shape index (κ3) is 4.43. The van der Waals surface area contributed by atoms with Crippen LogP contribution in [0.25, 0.3) is 0 Å². The first kappa shape index (κ1) is 19.3. The van der Waals surface area contributed by atoms with Gasteiger partial charge in [-0.25, -0.2) is 4.79 Å². The van der Waals surface area contributed by atoms with E-state index in [9.17, 15) is 19.2 Å². The molecular weight excluding hydrogens is 360 g/mol. The summed E-state index contributed by atoms with van der Waals surface area (Å²) in [4.78, 5) is 48.7. The van der Waals surface area contributed by atoms with Gasteiger partial charge in [-0.3, -0.25) is 19.3 Å². The Morgan fingerprint density at radius 1 is 0.964 bits per heavy atom. The van der Waals surface area contributed by atoms with Crippen molar-refractivity contribution in [3.8, 4) is 0 Å². The standard InChI is InChI=1S/C21H20N2O5/c1-13-9-14(2)11-16(10-13)22-18(24)12-28-21(27)15-3-5-17(6-4-15)23-19(25)7-8-20(23)26/h3-6,9-11H,7-8,12H2,1-2H3,(H,22,24). The Labute approximate surface area is 162 Å². The summed E-state index contributed by atoms with van der Waals surface area (Å²) in [7, 11) is 0. The van der Waals surface area contributed by atoms with Gasteiger partial charge in [-0.15, -0.1) is 0 Å². The second kappa shape index (κ2) is 8.04. The van der Waals surface area contributed by atoms with E-state index in [2.05, 4.69) is 5.32 Å². The number of nitrogens with one attached hydrogen (secondary N) is 1. The number of ether oxygens (including phenoxy) is 1. The lowest BCUT2D eigenvalue weighted by molar-refractivity contribution is -0.121. The average Bonchev–Trinajstić information content (AvgIpc) is 2.97. The molecule has 0 atom stereocenters. The van der Waals surface area contributed by atoms with Crippen LogP contribution in [0.4, 0.5) is 11.4 Å². The Balaban J connectivity index is 1.56. The van der Waals surface area contributed by atoms with Crippen LogP contribution in [0.15, 0.2) is 42.5 Å². The van der Waals surface area contributed by atoms with Crippen LogP contribution in [0, 0.1) is 13.8 Å². The number of carbonyl (C=O) groups is 4. The van der Waals surface area contributed by atoms with Gasteiger partial charge in [0.2, 0.25) is 11.8 Å². The summed E-state index contributed by atoms with van der Waals surface area (Å²) in [6, 6.07) is 11.6. The van der Waals surface area contributed by atoms with Crippen LogP contribution in [-0.2, 0) is 19.1 Å². The van der Waals surface area contributed by atoms with E-state index in [-0.39, 0.29) is 30.2 Å². The highest BCUT2D eigenvalue weighted by atomic mass is 16.5. The minimum absolute atomic E-state index is 0.193. The molecule has 7 nitrogen and oxygen atoms in total. The topological polar surface area (TPSA) is 92.8 Å². The number of aryl methyl sites for hydroxylation is 2. The molecule has 0 unspecified atom stereocenters. The molecule has 0 spiro atoms. The Morgan fingerprint density at radius 2 is 1.54 bits per heavy atom. The number of benzene rings is 2. The van der Waals surface area contributed by atoms with E-state index in [0.29, 0.717) is 11.4 Å². The van der Waals surface area contributed by atoms with Crippen molar-refractivity contribution in [1.82, 2.24) is 0 Å². The van der Waals surface area contributed by atoms with Crippen LogP contribution < -0.4 is 10.2 Å². The van der Waals surface area contributed by atoms with Gasteiger partial charge >= 0.3 is 5.97 Å². The van der Waals surface area contributed by atoms with Crippen LogP contribution >= 0.6 is 0 Å². The normalized spacial score (nSPS) is 13.6. The lowest BCUT2D eigenvalue weighted by atomic mass is 10.1. The van der Waals surface area contributed by atoms with E-state index in [1.807, 2.05) is 32.0 Å². The van der Waals surface area contributed by atoms with Crippen molar-refractivity contribution in [2.75, 3.05) is 16.8 Å². The summed E-state index contributed by atoms with van der Waals surface area (Å²) in [6.07, 6.45) is 0.385. The van der Waals surface area contributed by atoms with Crippen LogP contribution in [-0.4, -0.2) is 30.3 Å². The van der Waals surface area contributed by atoms with Crippen molar-refractivity contribution in [1.29, 1.82) is 0 Å². The molecule has 0 bridgehead atoms. The lowest BCUT2D eigenvalue weighted by Gasteiger charge is -2.14. The molecule has 1 heterocycles. The summed E-state index contributed by atoms with van der Waals surface area (Å²) in [5.74, 6) is -1.63. The molecule has 3 rings (SSSR count). The number of hydrogen-bond acceptors (Lipinski definition) is 5. The van der Waals surface area contributed by atoms with Crippen molar-refractivity contribution in [3.63, 3.8) is 0 Å².